The summed E-state index contributed by atoms with van der Waals surface area (Å²) in [6.07, 6.45) is 3.79. The number of nitrogens with two attached hydrogens (primary N) is 1. The first kappa shape index (κ1) is 16.2. The molecule has 0 aromatic rings. The summed E-state index contributed by atoms with van der Waals surface area (Å²) in [6.45, 7) is 11.6. The zero-order chi connectivity index (χ0) is 14.8. The van der Waals surface area contributed by atoms with E-state index in [1.54, 1.807) is 0 Å². The minimum Gasteiger partial charge on any atom is -0.329 e. The van der Waals surface area contributed by atoms with Crippen molar-refractivity contribution in [1.82, 2.24) is 14.7 Å². The molecule has 20 heavy (non-hydrogen) atoms. The van der Waals surface area contributed by atoms with Gasteiger partial charge in [-0.05, 0) is 52.4 Å². The molecule has 2 fully saturated rings. The monoisotopic (exact) mass is 282 g/mol. The minimum absolute atomic E-state index is 0.276. The Kier molecular flexibility index (Phi) is 5.46. The quantitative estimate of drug-likeness (QED) is 0.818. The molecule has 2 saturated heterocycles. The SMILES string of the molecule is CC(C)CN1CCC(CN)(N2CCC(N(C)C)C2)CC1. The fourth-order valence-corrected chi connectivity index (χ4v) is 3.91. The van der Waals surface area contributed by atoms with Crippen LogP contribution in [0.25, 0.3) is 0 Å². The molecule has 0 aromatic heterocycles. The smallest absolute Gasteiger partial charge is 0.0356 e. The van der Waals surface area contributed by atoms with E-state index in [4.69, 9.17) is 5.73 Å². The number of likely N-dealkylation sites (N-methyl/N-ethyl adjacent to an activating group) is 1. The van der Waals surface area contributed by atoms with Gasteiger partial charge in [0.2, 0.25) is 0 Å². The standard InChI is InChI=1S/C16H34N4/c1-14(2)11-19-9-6-16(13-17,7-10-19)20-8-5-15(12-20)18(3)4/h14-15H,5-13,17H2,1-4H3. The summed E-state index contributed by atoms with van der Waals surface area (Å²) in [7, 11) is 4.41. The normalized spacial score (nSPS) is 28.6. The lowest BCUT2D eigenvalue weighted by atomic mass is 9.85. The van der Waals surface area contributed by atoms with Gasteiger partial charge in [0.25, 0.3) is 0 Å². The molecule has 1 unspecified atom stereocenters. The molecule has 2 aliphatic rings. The fourth-order valence-electron chi connectivity index (χ4n) is 3.91. The van der Waals surface area contributed by atoms with E-state index in [2.05, 4.69) is 42.6 Å². The van der Waals surface area contributed by atoms with Crippen molar-refractivity contribution in [1.29, 1.82) is 0 Å². The van der Waals surface area contributed by atoms with Crippen LogP contribution in [0.3, 0.4) is 0 Å². The Morgan fingerprint density at radius 3 is 2.30 bits per heavy atom. The zero-order valence-electron chi connectivity index (χ0n) is 13.9. The second-order valence-corrected chi connectivity index (χ2v) is 7.48. The predicted molar refractivity (Wildman–Crippen MR) is 86.0 cm³/mol. The van der Waals surface area contributed by atoms with E-state index >= 15 is 0 Å². The van der Waals surface area contributed by atoms with Crippen LogP contribution in [-0.2, 0) is 0 Å². The highest BCUT2D eigenvalue weighted by molar-refractivity contribution is 5.00. The van der Waals surface area contributed by atoms with Gasteiger partial charge < -0.3 is 15.5 Å². The van der Waals surface area contributed by atoms with Crippen LogP contribution >= 0.6 is 0 Å². The molecular formula is C16H34N4. The van der Waals surface area contributed by atoms with E-state index in [1.807, 2.05) is 0 Å². The first-order chi connectivity index (χ1) is 9.47. The van der Waals surface area contributed by atoms with Crippen molar-refractivity contribution in [2.45, 2.75) is 44.7 Å². The van der Waals surface area contributed by atoms with E-state index in [0.717, 1.165) is 12.5 Å². The van der Waals surface area contributed by atoms with Gasteiger partial charge in [-0.2, -0.15) is 0 Å². The molecule has 4 nitrogen and oxygen atoms in total. The number of nitrogens with zero attached hydrogens (tertiary/aromatic N) is 3. The molecule has 1 atom stereocenters. The first-order valence-electron chi connectivity index (χ1n) is 8.31. The van der Waals surface area contributed by atoms with Crippen molar-refractivity contribution < 1.29 is 0 Å². The summed E-state index contributed by atoms with van der Waals surface area (Å²) in [5.74, 6) is 0.769. The third-order valence-corrected chi connectivity index (χ3v) is 5.35. The highest BCUT2D eigenvalue weighted by Crippen LogP contribution is 2.32. The highest BCUT2D eigenvalue weighted by Gasteiger charge is 2.42. The maximum atomic E-state index is 6.21. The Labute approximate surface area is 125 Å². The van der Waals surface area contributed by atoms with E-state index < -0.39 is 0 Å². The van der Waals surface area contributed by atoms with E-state index in [9.17, 15) is 0 Å². The molecule has 0 spiro atoms. The first-order valence-corrected chi connectivity index (χ1v) is 8.31. The molecule has 0 bridgehead atoms. The summed E-state index contributed by atoms with van der Waals surface area (Å²) in [5, 5.41) is 0. The molecule has 0 aromatic carbocycles. The Morgan fingerprint density at radius 1 is 1.20 bits per heavy atom. The molecule has 2 rings (SSSR count). The van der Waals surface area contributed by atoms with Crippen LogP contribution in [0.15, 0.2) is 0 Å². The molecule has 0 aliphatic carbocycles. The Balaban J connectivity index is 1.92. The van der Waals surface area contributed by atoms with Crippen molar-refractivity contribution >= 4 is 0 Å². The maximum Gasteiger partial charge on any atom is 0.0356 e. The van der Waals surface area contributed by atoms with Crippen LogP contribution in [0.5, 0.6) is 0 Å². The molecule has 2 heterocycles. The maximum absolute atomic E-state index is 6.21. The molecule has 0 amide bonds. The van der Waals surface area contributed by atoms with Gasteiger partial charge >= 0.3 is 0 Å². The number of likely N-dealkylation sites (tertiary alicyclic amines) is 2. The number of hydrogen-bond donors (Lipinski definition) is 1. The van der Waals surface area contributed by atoms with Gasteiger partial charge in [0, 0.05) is 37.8 Å². The van der Waals surface area contributed by atoms with Crippen molar-refractivity contribution in [2.24, 2.45) is 11.7 Å². The Hall–Kier alpha value is -0.160. The summed E-state index contributed by atoms with van der Waals surface area (Å²) >= 11 is 0. The predicted octanol–water partition coefficient (Wildman–Crippen LogP) is 1.07. The van der Waals surface area contributed by atoms with Gasteiger partial charge in [0.15, 0.2) is 0 Å². The molecular weight excluding hydrogens is 248 g/mol. The minimum atomic E-state index is 0.276. The van der Waals surface area contributed by atoms with Gasteiger partial charge in [-0.3, -0.25) is 4.90 Å². The molecule has 0 radical (unpaired) electrons. The topological polar surface area (TPSA) is 35.7 Å². The average molecular weight is 282 g/mol. The second-order valence-electron chi connectivity index (χ2n) is 7.48. The Morgan fingerprint density at radius 2 is 1.85 bits per heavy atom. The molecule has 4 heteroatoms. The third-order valence-electron chi connectivity index (χ3n) is 5.35. The van der Waals surface area contributed by atoms with Crippen LogP contribution in [-0.4, -0.2) is 79.6 Å². The second kappa shape index (κ2) is 6.73. The van der Waals surface area contributed by atoms with Gasteiger partial charge in [-0.15, -0.1) is 0 Å². The molecule has 118 valence electrons. The van der Waals surface area contributed by atoms with E-state index in [1.165, 1.54) is 52.0 Å². The van der Waals surface area contributed by atoms with Crippen LogP contribution in [0.2, 0.25) is 0 Å². The summed E-state index contributed by atoms with van der Waals surface area (Å²) in [4.78, 5) is 7.70. The summed E-state index contributed by atoms with van der Waals surface area (Å²) in [6, 6.07) is 0.715. The van der Waals surface area contributed by atoms with Crippen molar-refractivity contribution in [3.05, 3.63) is 0 Å². The van der Waals surface area contributed by atoms with Crippen LogP contribution in [0.1, 0.15) is 33.1 Å². The van der Waals surface area contributed by atoms with E-state index in [-0.39, 0.29) is 5.54 Å². The van der Waals surface area contributed by atoms with Crippen LogP contribution in [0, 0.1) is 5.92 Å². The average Bonchev–Trinajstić information content (AvgIpc) is 2.89. The van der Waals surface area contributed by atoms with Gasteiger partial charge in [0.1, 0.15) is 0 Å². The largest absolute Gasteiger partial charge is 0.329 e. The van der Waals surface area contributed by atoms with Crippen molar-refractivity contribution in [3.8, 4) is 0 Å². The highest BCUT2D eigenvalue weighted by atomic mass is 15.3. The fraction of sp³-hybridized carbons (Fsp3) is 1.00. The summed E-state index contributed by atoms with van der Waals surface area (Å²) < 4.78 is 0. The van der Waals surface area contributed by atoms with Crippen LogP contribution < -0.4 is 5.73 Å². The lowest BCUT2D eigenvalue weighted by Crippen LogP contribution is -2.59. The van der Waals surface area contributed by atoms with Gasteiger partial charge in [-0.25, -0.2) is 0 Å². The lowest BCUT2D eigenvalue weighted by Gasteiger charge is -2.47. The van der Waals surface area contributed by atoms with Crippen molar-refractivity contribution in [2.75, 3.05) is 53.4 Å². The van der Waals surface area contributed by atoms with Crippen LogP contribution in [0.4, 0.5) is 0 Å². The van der Waals surface area contributed by atoms with Gasteiger partial charge in [-0.1, -0.05) is 13.8 Å². The summed E-state index contributed by atoms with van der Waals surface area (Å²) in [5.41, 5.74) is 6.49. The molecule has 0 saturated carbocycles. The number of rotatable bonds is 5. The zero-order valence-corrected chi connectivity index (χ0v) is 13.9. The van der Waals surface area contributed by atoms with Crippen molar-refractivity contribution in [3.63, 3.8) is 0 Å². The Bertz CT molecular complexity index is 295. The van der Waals surface area contributed by atoms with Gasteiger partial charge in [0.05, 0.1) is 0 Å². The third kappa shape index (κ3) is 3.53. The lowest BCUT2D eigenvalue weighted by molar-refractivity contribution is 0.0359. The molecule has 2 N–H and O–H groups in total. The number of piperidine rings is 1. The van der Waals surface area contributed by atoms with E-state index in [0.29, 0.717) is 6.04 Å². The molecule has 2 aliphatic heterocycles. The number of hydrogen-bond acceptors (Lipinski definition) is 4.